The fraction of sp³-hybridized carbons (Fsp3) is 0.103. The van der Waals surface area contributed by atoms with Gasteiger partial charge in [-0.25, -0.2) is 107 Å². The van der Waals surface area contributed by atoms with Crippen molar-refractivity contribution in [2.24, 2.45) is 9.98 Å². The van der Waals surface area contributed by atoms with E-state index >= 15 is 70.2 Å². The van der Waals surface area contributed by atoms with Crippen molar-refractivity contribution in [2.75, 3.05) is 13.2 Å². The number of rotatable bonds is 8. The van der Waals surface area contributed by atoms with Crippen molar-refractivity contribution in [1.29, 1.82) is 0 Å². The van der Waals surface area contributed by atoms with Crippen LogP contribution in [0.4, 0.5) is 87.8 Å². The van der Waals surface area contributed by atoms with Crippen molar-refractivity contribution in [1.82, 2.24) is 15.0 Å². The molecule has 448 valence electrons. The van der Waals surface area contributed by atoms with Gasteiger partial charge in [0.15, 0.2) is 93.1 Å². The molecular formula is C58H27F20N5O4. The maximum atomic E-state index is 16.4. The van der Waals surface area contributed by atoms with Crippen LogP contribution in [0, 0.1) is 116 Å². The lowest BCUT2D eigenvalue weighted by Crippen LogP contribution is -2.21. The number of aliphatic imine (C=N–C) groups is 2. The second-order valence-electron chi connectivity index (χ2n) is 18.6. The van der Waals surface area contributed by atoms with Gasteiger partial charge in [-0.3, -0.25) is 0 Å². The first-order chi connectivity index (χ1) is 41.1. The van der Waals surface area contributed by atoms with Crippen LogP contribution in [0.5, 0.6) is 0 Å². The van der Waals surface area contributed by atoms with Gasteiger partial charge in [0.2, 0.25) is 23.3 Å². The number of benzene rings is 4. The van der Waals surface area contributed by atoms with Gasteiger partial charge in [-0.15, -0.1) is 0 Å². The fourth-order valence-corrected chi connectivity index (χ4v) is 9.90. The lowest BCUT2D eigenvalue weighted by Gasteiger charge is -2.15. The number of allylic oxidation sites excluding steroid dienone is 4. The molecule has 0 saturated heterocycles. The summed E-state index contributed by atoms with van der Waals surface area (Å²) in [5.41, 5.74) is -22.8. The number of hydrogen-bond acceptors (Lipinski definition) is 6. The molecule has 10 rings (SSSR count). The molecule has 3 aliphatic heterocycles. The smallest absolute Gasteiger partial charge is 0.340 e. The van der Waals surface area contributed by atoms with Gasteiger partial charge in [-0.2, -0.15) is 0 Å². The normalized spacial score (nSPS) is 14.5. The standard InChI is InChI=1S/C58H27F20N5O4/c1-5-86-57(84)25-15(3)55-29(33-39(63)47(71)53(77)48(72)40(33)64)23-13-11-21(80-23)27(31-35(59)43(67)51(75)44(68)36(31)60)19-9-10-20(79-19)28(32-37(61)45(69)52(76)46(70)38(32)62)22-12-14-24(81-22)30(34-41(65)49(73)54(78)50(74)42(34)66)56-16(4)26(58(85)87-6-2)18(83-56)8-7-17(25)82-55/h7-14,79-81H,5-6H2,1-4H3. The first kappa shape index (κ1) is 60.2. The number of carbonyl (C=O) groups is 2. The molecule has 0 amide bonds. The molecule has 3 aromatic heterocycles. The Morgan fingerprint density at radius 2 is 0.575 bits per heavy atom. The zero-order chi connectivity index (χ0) is 63.4. The molecule has 0 fully saturated rings. The second-order valence-corrected chi connectivity index (χ2v) is 18.6. The summed E-state index contributed by atoms with van der Waals surface area (Å²) in [6.45, 7) is 3.59. The van der Waals surface area contributed by atoms with Crippen LogP contribution in [0.2, 0.25) is 0 Å². The number of esters is 2. The number of H-pyrrole nitrogens is 3. The lowest BCUT2D eigenvalue weighted by atomic mass is 9.94. The number of halogens is 20. The molecule has 7 aromatic rings. The highest BCUT2D eigenvalue weighted by molar-refractivity contribution is 6.32. The van der Waals surface area contributed by atoms with Crippen molar-refractivity contribution < 1.29 is 107 Å². The first-order valence-corrected chi connectivity index (χ1v) is 24.6. The zero-order valence-electron chi connectivity index (χ0n) is 43.6. The summed E-state index contributed by atoms with van der Waals surface area (Å²) in [5, 5.41) is -2.05. The summed E-state index contributed by atoms with van der Waals surface area (Å²) in [4.78, 5) is 43.3. The summed E-state index contributed by atoms with van der Waals surface area (Å²) < 4.78 is 324. The Morgan fingerprint density at radius 3 is 0.828 bits per heavy atom. The van der Waals surface area contributed by atoms with Gasteiger partial charge in [0, 0.05) is 55.8 Å². The molecule has 0 atom stereocenters. The van der Waals surface area contributed by atoms with Crippen LogP contribution in [-0.4, -0.2) is 51.5 Å². The van der Waals surface area contributed by atoms with Crippen molar-refractivity contribution >= 4 is 45.7 Å². The van der Waals surface area contributed by atoms with Gasteiger partial charge in [0.25, 0.3) is 0 Å². The Balaban J connectivity index is 1.48. The molecule has 0 unspecified atom stereocenters. The number of carbonyl (C=O) groups excluding carboxylic acids is 2. The van der Waals surface area contributed by atoms with Gasteiger partial charge in [0.1, 0.15) is 0 Å². The van der Waals surface area contributed by atoms with E-state index in [0.717, 1.165) is 26.0 Å². The Morgan fingerprint density at radius 1 is 0.345 bits per heavy atom. The zero-order valence-corrected chi connectivity index (χ0v) is 43.6. The number of aromatic nitrogens is 3. The molecular weight excluding hydrogens is 1210 g/mol. The summed E-state index contributed by atoms with van der Waals surface area (Å²) >= 11 is 0. The molecule has 0 saturated carbocycles. The fourth-order valence-electron chi connectivity index (χ4n) is 9.90. The monoisotopic (exact) mass is 1240 g/mol. The van der Waals surface area contributed by atoms with Crippen LogP contribution in [0.15, 0.2) is 92.2 Å². The van der Waals surface area contributed by atoms with Crippen LogP contribution in [0.1, 0.15) is 72.7 Å². The van der Waals surface area contributed by atoms with E-state index in [-0.39, 0.29) is 0 Å². The largest absolute Gasteiger partial charge is 0.462 e. The number of fused-ring (bicyclic) bond motifs is 8. The lowest BCUT2D eigenvalue weighted by molar-refractivity contribution is -0.138. The van der Waals surface area contributed by atoms with Gasteiger partial charge >= 0.3 is 11.9 Å². The van der Waals surface area contributed by atoms with Gasteiger partial charge in [0.05, 0.1) is 69.4 Å². The maximum Gasteiger partial charge on any atom is 0.340 e. The third-order valence-electron chi connectivity index (χ3n) is 13.8. The van der Waals surface area contributed by atoms with E-state index in [2.05, 4.69) is 24.9 Å². The quantitative estimate of drug-likeness (QED) is 0.0607. The predicted octanol–water partition coefficient (Wildman–Crippen LogP) is 12.7. The summed E-state index contributed by atoms with van der Waals surface area (Å²) in [5.74, 6) is -56.2. The molecule has 0 spiro atoms. The third kappa shape index (κ3) is 9.27. The maximum absolute atomic E-state index is 16.4. The molecule has 9 nitrogen and oxygen atoms in total. The molecule has 0 aliphatic carbocycles. The molecule has 4 aromatic carbocycles. The Labute approximate surface area is 471 Å². The number of nitrogens with zero attached hydrogens (tertiary/aromatic N) is 2. The van der Waals surface area contributed by atoms with Crippen LogP contribution in [0.25, 0.3) is 22.3 Å². The highest BCUT2D eigenvalue weighted by Crippen LogP contribution is 2.44. The van der Waals surface area contributed by atoms with Crippen molar-refractivity contribution in [3.8, 4) is 0 Å². The summed E-state index contributed by atoms with van der Waals surface area (Å²) in [6, 6.07) is 3.77. The predicted molar refractivity (Wildman–Crippen MR) is 265 cm³/mol. The molecule has 6 heterocycles. The van der Waals surface area contributed by atoms with E-state index in [1.807, 2.05) is 0 Å². The minimum atomic E-state index is -2.77. The molecule has 3 aliphatic rings. The van der Waals surface area contributed by atoms with Crippen LogP contribution in [-0.2, 0) is 19.1 Å². The van der Waals surface area contributed by atoms with E-state index in [4.69, 9.17) is 9.47 Å². The van der Waals surface area contributed by atoms with Crippen molar-refractivity contribution in [3.63, 3.8) is 0 Å². The minimum absolute atomic E-state index is 0.454. The van der Waals surface area contributed by atoms with Crippen molar-refractivity contribution in [3.05, 3.63) is 254 Å². The minimum Gasteiger partial charge on any atom is -0.462 e. The van der Waals surface area contributed by atoms with E-state index in [0.29, 0.717) is 36.4 Å². The second kappa shape index (κ2) is 22.1. The van der Waals surface area contributed by atoms with Gasteiger partial charge in [-0.05, 0) is 87.4 Å². The Bertz CT molecular complexity index is 4270. The molecule has 10 bridgehead atoms. The van der Waals surface area contributed by atoms with Gasteiger partial charge < -0.3 is 24.4 Å². The van der Waals surface area contributed by atoms with Crippen molar-refractivity contribution in [2.45, 2.75) is 27.7 Å². The highest BCUT2D eigenvalue weighted by Gasteiger charge is 2.40. The van der Waals surface area contributed by atoms with E-state index < -0.39 is 265 Å². The SMILES string of the molecule is CCOC(=O)C1=C(C)C2=C(c3c(F)c(F)c(F)c(F)c3F)c3ccc([nH]3)C(c3c(F)c(F)c(F)c(F)c3F)=c3ccc([nH]3)=C(c3c(F)c(F)c(F)c(F)c3F)c3ccc([nH]3)C(c3c(F)c(F)c(F)c(F)c3F)=C3N=C(C=CC1=N2)C(C(=O)OCC)=C3C. The van der Waals surface area contributed by atoms with E-state index in [9.17, 15) is 27.2 Å². The van der Waals surface area contributed by atoms with Crippen LogP contribution < -0.4 is 10.7 Å². The number of aromatic amines is 3. The van der Waals surface area contributed by atoms with Gasteiger partial charge in [-0.1, -0.05) is 0 Å². The van der Waals surface area contributed by atoms with Crippen LogP contribution >= 0.6 is 0 Å². The van der Waals surface area contributed by atoms with E-state index in [1.54, 1.807) is 0 Å². The third-order valence-corrected chi connectivity index (χ3v) is 13.8. The Hall–Kier alpha value is -9.96. The van der Waals surface area contributed by atoms with E-state index in [1.165, 1.54) is 13.8 Å². The molecule has 87 heavy (non-hydrogen) atoms. The molecule has 3 N–H and O–H groups in total. The number of ether oxygens (including phenoxy) is 2. The van der Waals surface area contributed by atoms with Crippen LogP contribution in [0.3, 0.4) is 0 Å². The number of hydrogen-bond donors (Lipinski definition) is 3. The summed E-state index contributed by atoms with van der Waals surface area (Å²) in [6.07, 6.45) is 1.53. The highest BCUT2D eigenvalue weighted by atomic mass is 19.2. The molecule has 0 radical (unpaired) electrons. The average Bonchev–Trinajstić information content (AvgIpc) is 3.83. The Kier molecular flexibility index (Phi) is 15.3. The average molecular weight is 1240 g/mol. The topological polar surface area (TPSA) is 125 Å². The number of nitrogens with one attached hydrogen (secondary N) is 3. The first-order valence-electron chi connectivity index (χ1n) is 24.6. The summed E-state index contributed by atoms with van der Waals surface area (Å²) in [7, 11) is 0. The molecule has 29 heteroatoms.